The van der Waals surface area contributed by atoms with Gasteiger partial charge in [-0.15, -0.1) is 0 Å². The number of carbonyl (C=O) groups excluding carboxylic acids is 2. The highest BCUT2D eigenvalue weighted by Gasteiger charge is 2.38. The van der Waals surface area contributed by atoms with Gasteiger partial charge in [-0.1, -0.05) is 24.3 Å². The Labute approximate surface area is 172 Å². The largest absolute Gasteiger partial charge is 0.378 e. The number of nitrogens with zero attached hydrogens (tertiary/aromatic N) is 1. The number of ether oxygens (including phenoxy) is 1. The Morgan fingerprint density at radius 1 is 1.10 bits per heavy atom. The van der Waals surface area contributed by atoms with Gasteiger partial charge in [0, 0.05) is 24.3 Å². The van der Waals surface area contributed by atoms with Crippen molar-refractivity contribution in [2.24, 2.45) is 0 Å². The third-order valence-electron chi connectivity index (χ3n) is 6.26. The molecule has 2 amide bonds. The summed E-state index contributed by atoms with van der Waals surface area (Å²) in [6.07, 6.45) is 2.87. The van der Waals surface area contributed by atoms with E-state index in [2.05, 4.69) is 17.4 Å². The lowest BCUT2D eigenvalue weighted by Gasteiger charge is -2.34. The van der Waals surface area contributed by atoms with Gasteiger partial charge in [0.05, 0.1) is 18.6 Å². The maximum absolute atomic E-state index is 13.3. The second-order valence-electron chi connectivity index (χ2n) is 8.23. The van der Waals surface area contributed by atoms with Crippen molar-refractivity contribution in [2.75, 3.05) is 31.6 Å². The lowest BCUT2D eigenvalue weighted by atomic mass is 9.70. The van der Waals surface area contributed by atoms with Gasteiger partial charge >= 0.3 is 0 Å². The minimum Gasteiger partial charge on any atom is -0.378 e. The molecule has 1 atom stereocenters. The monoisotopic (exact) mass is 392 g/mol. The van der Waals surface area contributed by atoms with Gasteiger partial charge < -0.3 is 15.0 Å². The Balaban J connectivity index is 1.53. The van der Waals surface area contributed by atoms with Gasteiger partial charge in [-0.3, -0.25) is 9.59 Å². The maximum atomic E-state index is 13.3. The number of amides is 2. The van der Waals surface area contributed by atoms with E-state index >= 15 is 0 Å². The zero-order chi connectivity index (χ0) is 20.4. The summed E-state index contributed by atoms with van der Waals surface area (Å²) in [5, 5.41) is 3.12. The van der Waals surface area contributed by atoms with Crippen LogP contribution in [0.4, 0.5) is 5.69 Å². The summed E-state index contributed by atoms with van der Waals surface area (Å²) < 4.78 is 5.32. The number of benzene rings is 2. The smallest absolute Gasteiger partial charge is 0.254 e. The minimum atomic E-state index is -0.538. The highest BCUT2D eigenvalue weighted by atomic mass is 16.5. The molecule has 1 unspecified atom stereocenters. The van der Waals surface area contributed by atoms with E-state index in [1.165, 1.54) is 5.56 Å². The van der Waals surface area contributed by atoms with E-state index in [1.54, 1.807) is 6.07 Å². The summed E-state index contributed by atoms with van der Waals surface area (Å²) in [6.45, 7) is 6.37. The molecule has 1 aliphatic heterocycles. The standard InChI is InChI=1S/C24H28N2O3/c1-17-16-19(22(27)26-12-14-29-15-13-26)9-10-21(17)25-23(28)24(2)11-5-7-18-6-3-4-8-20(18)24/h3-4,6,8-10,16H,5,7,11-15H2,1-2H3,(H,25,28). The summed E-state index contributed by atoms with van der Waals surface area (Å²) in [6, 6.07) is 13.8. The second-order valence-corrected chi connectivity index (χ2v) is 8.23. The normalized spacial score (nSPS) is 21.4. The van der Waals surface area contributed by atoms with E-state index in [1.807, 2.05) is 43.0 Å². The first-order valence-electron chi connectivity index (χ1n) is 10.4. The quantitative estimate of drug-likeness (QED) is 0.867. The Bertz CT molecular complexity index is 933. The molecule has 0 saturated carbocycles. The summed E-state index contributed by atoms with van der Waals surface area (Å²) >= 11 is 0. The van der Waals surface area contributed by atoms with Crippen LogP contribution < -0.4 is 5.32 Å². The lowest BCUT2D eigenvalue weighted by Crippen LogP contribution is -2.41. The number of aryl methyl sites for hydroxylation is 2. The number of nitrogens with one attached hydrogen (secondary N) is 1. The van der Waals surface area contributed by atoms with Gasteiger partial charge in [-0.2, -0.15) is 0 Å². The molecule has 4 rings (SSSR count). The predicted octanol–water partition coefficient (Wildman–Crippen LogP) is 3.70. The summed E-state index contributed by atoms with van der Waals surface area (Å²) in [4.78, 5) is 27.8. The number of hydrogen-bond donors (Lipinski definition) is 1. The summed E-state index contributed by atoms with van der Waals surface area (Å²) in [7, 11) is 0. The van der Waals surface area contributed by atoms with E-state index in [9.17, 15) is 9.59 Å². The van der Waals surface area contributed by atoms with Crippen LogP contribution in [0.1, 0.15) is 46.8 Å². The number of anilines is 1. The van der Waals surface area contributed by atoms with Crippen LogP contribution >= 0.6 is 0 Å². The van der Waals surface area contributed by atoms with Crippen molar-refractivity contribution in [3.05, 3.63) is 64.7 Å². The second kappa shape index (κ2) is 7.99. The molecular weight excluding hydrogens is 364 g/mol. The highest BCUT2D eigenvalue weighted by Crippen LogP contribution is 2.38. The van der Waals surface area contributed by atoms with Crippen LogP contribution in [0.3, 0.4) is 0 Å². The lowest BCUT2D eigenvalue weighted by molar-refractivity contribution is -0.121. The Hall–Kier alpha value is -2.66. The molecular formula is C24H28N2O3. The highest BCUT2D eigenvalue weighted by molar-refractivity contribution is 6.01. The fraction of sp³-hybridized carbons (Fsp3) is 0.417. The average Bonchev–Trinajstić information content (AvgIpc) is 2.75. The van der Waals surface area contributed by atoms with E-state index in [0.29, 0.717) is 31.9 Å². The predicted molar refractivity (Wildman–Crippen MR) is 113 cm³/mol. The molecule has 152 valence electrons. The van der Waals surface area contributed by atoms with Crippen molar-refractivity contribution in [2.45, 2.75) is 38.5 Å². The molecule has 29 heavy (non-hydrogen) atoms. The molecule has 0 bridgehead atoms. The van der Waals surface area contributed by atoms with Gasteiger partial charge in [0.1, 0.15) is 0 Å². The van der Waals surface area contributed by atoms with Gasteiger partial charge in [0.15, 0.2) is 0 Å². The molecule has 2 aromatic carbocycles. The Kier molecular flexibility index (Phi) is 5.41. The molecule has 5 heteroatoms. The van der Waals surface area contributed by atoms with Gasteiger partial charge in [0.25, 0.3) is 5.91 Å². The first-order valence-corrected chi connectivity index (χ1v) is 10.4. The van der Waals surface area contributed by atoms with Crippen LogP contribution in [-0.2, 0) is 21.4 Å². The molecule has 1 saturated heterocycles. The number of carbonyl (C=O) groups is 2. The fourth-order valence-electron chi connectivity index (χ4n) is 4.43. The molecule has 0 spiro atoms. The van der Waals surface area contributed by atoms with E-state index in [4.69, 9.17) is 4.74 Å². The van der Waals surface area contributed by atoms with Crippen LogP contribution in [0, 0.1) is 6.92 Å². The van der Waals surface area contributed by atoms with Crippen molar-refractivity contribution < 1.29 is 14.3 Å². The zero-order valence-electron chi connectivity index (χ0n) is 17.2. The number of fused-ring (bicyclic) bond motifs is 1. The van der Waals surface area contributed by atoms with Gasteiger partial charge in [-0.25, -0.2) is 0 Å². The number of hydrogen-bond acceptors (Lipinski definition) is 3. The molecule has 2 aliphatic rings. The fourth-order valence-corrected chi connectivity index (χ4v) is 4.43. The average molecular weight is 392 g/mol. The van der Waals surface area contributed by atoms with Crippen molar-refractivity contribution in [1.82, 2.24) is 4.90 Å². The van der Waals surface area contributed by atoms with Crippen LogP contribution in [0.5, 0.6) is 0 Å². The van der Waals surface area contributed by atoms with Crippen LogP contribution in [0.2, 0.25) is 0 Å². The van der Waals surface area contributed by atoms with E-state index < -0.39 is 5.41 Å². The Morgan fingerprint density at radius 2 is 1.86 bits per heavy atom. The van der Waals surface area contributed by atoms with Crippen molar-refractivity contribution >= 4 is 17.5 Å². The topological polar surface area (TPSA) is 58.6 Å². The first-order chi connectivity index (χ1) is 14.0. The van der Waals surface area contributed by atoms with Crippen LogP contribution in [0.15, 0.2) is 42.5 Å². The van der Waals surface area contributed by atoms with Gasteiger partial charge in [0.2, 0.25) is 5.91 Å². The van der Waals surface area contributed by atoms with Gasteiger partial charge in [-0.05, 0) is 68.0 Å². The third kappa shape index (κ3) is 3.79. The molecule has 1 N–H and O–H groups in total. The Morgan fingerprint density at radius 3 is 2.62 bits per heavy atom. The van der Waals surface area contributed by atoms with E-state index in [0.717, 1.165) is 36.1 Å². The molecule has 1 aliphatic carbocycles. The first kappa shape index (κ1) is 19.6. The molecule has 0 aromatic heterocycles. The third-order valence-corrected chi connectivity index (χ3v) is 6.26. The zero-order valence-corrected chi connectivity index (χ0v) is 17.2. The summed E-state index contributed by atoms with van der Waals surface area (Å²) in [5.41, 5.74) is 4.16. The molecule has 1 heterocycles. The van der Waals surface area contributed by atoms with Crippen molar-refractivity contribution in [3.63, 3.8) is 0 Å². The summed E-state index contributed by atoms with van der Waals surface area (Å²) in [5.74, 6) is 0.0300. The van der Waals surface area contributed by atoms with Crippen LogP contribution in [-0.4, -0.2) is 43.0 Å². The molecule has 1 fully saturated rings. The molecule has 2 aromatic rings. The van der Waals surface area contributed by atoms with Crippen molar-refractivity contribution in [3.8, 4) is 0 Å². The molecule has 0 radical (unpaired) electrons. The van der Waals surface area contributed by atoms with E-state index in [-0.39, 0.29) is 11.8 Å². The van der Waals surface area contributed by atoms with Crippen molar-refractivity contribution in [1.29, 1.82) is 0 Å². The SMILES string of the molecule is Cc1cc(C(=O)N2CCOCC2)ccc1NC(=O)C1(C)CCCc2ccccc21. The molecule has 5 nitrogen and oxygen atoms in total. The van der Waals surface area contributed by atoms with Crippen LogP contribution in [0.25, 0.3) is 0 Å². The number of rotatable bonds is 3. The minimum absolute atomic E-state index is 0.0139. The number of morpholine rings is 1. The maximum Gasteiger partial charge on any atom is 0.254 e.